The van der Waals surface area contributed by atoms with Crippen LogP contribution in [0.5, 0.6) is 5.75 Å². The number of phenolic OH excluding ortho intramolecular Hbond substituents is 1. The van der Waals surface area contributed by atoms with E-state index in [-0.39, 0.29) is 11.0 Å². The molecule has 0 unspecified atom stereocenters. The molecule has 1 aromatic rings. The third-order valence-corrected chi connectivity index (χ3v) is 4.52. The number of benzene rings is 1. The fourth-order valence-corrected chi connectivity index (χ4v) is 3.19. The lowest BCUT2D eigenvalue weighted by Gasteiger charge is -2.52. The Morgan fingerprint density at radius 2 is 2.00 bits per heavy atom. The van der Waals surface area contributed by atoms with E-state index in [2.05, 4.69) is 12.6 Å². The van der Waals surface area contributed by atoms with Gasteiger partial charge in [0, 0.05) is 5.41 Å². The summed E-state index contributed by atoms with van der Waals surface area (Å²) < 4.78 is 6.01. The van der Waals surface area contributed by atoms with E-state index in [1.54, 1.807) is 6.07 Å². The van der Waals surface area contributed by atoms with Gasteiger partial charge in [-0.2, -0.15) is 0 Å². The van der Waals surface area contributed by atoms with Gasteiger partial charge in [0.05, 0.1) is 12.2 Å². The molecule has 17 heavy (non-hydrogen) atoms. The first kappa shape index (κ1) is 10.8. The Kier molecular flexibility index (Phi) is 2.30. The van der Waals surface area contributed by atoms with Crippen molar-refractivity contribution in [3.05, 3.63) is 42.5 Å². The fraction of sp³-hybridized carbons (Fsp3) is 0.467. The Morgan fingerprint density at radius 3 is 2.53 bits per heavy atom. The minimum absolute atomic E-state index is 0.0709. The van der Waals surface area contributed by atoms with Crippen LogP contribution >= 0.6 is 0 Å². The molecule has 3 fully saturated rings. The first-order chi connectivity index (χ1) is 8.18. The van der Waals surface area contributed by atoms with Crippen LogP contribution in [-0.4, -0.2) is 17.3 Å². The van der Waals surface area contributed by atoms with Gasteiger partial charge in [-0.05, 0) is 43.4 Å². The molecule has 2 heterocycles. The van der Waals surface area contributed by atoms with Crippen LogP contribution in [0.15, 0.2) is 36.9 Å². The van der Waals surface area contributed by atoms with Gasteiger partial charge in [-0.15, -0.1) is 6.58 Å². The second kappa shape index (κ2) is 3.61. The highest BCUT2D eigenvalue weighted by Crippen LogP contribution is 2.50. The Morgan fingerprint density at radius 1 is 1.24 bits per heavy atom. The second-order valence-electron chi connectivity index (χ2n) is 5.39. The molecule has 1 N–H and O–H groups in total. The number of aromatic hydroxyl groups is 1. The number of phenols is 1. The number of fused-ring (bicyclic) bond motifs is 3. The summed E-state index contributed by atoms with van der Waals surface area (Å²) in [6, 6.07) is 7.63. The average Bonchev–Trinajstić information content (AvgIpc) is 2.41. The molecule has 2 heteroatoms. The van der Waals surface area contributed by atoms with Crippen molar-refractivity contribution in [2.75, 3.05) is 6.61 Å². The Labute approximate surface area is 102 Å². The molecule has 0 atom stereocenters. The van der Waals surface area contributed by atoms with E-state index < -0.39 is 0 Å². The predicted molar refractivity (Wildman–Crippen MR) is 67.1 cm³/mol. The Bertz CT molecular complexity index is 425. The Balaban J connectivity index is 1.93. The van der Waals surface area contributed by atoms with Gasteiger partial charge in [0.15, 0.2) is 0 Å². The molecule has 1 aromatic carbocycles. The maximum atomic E-state index is 9.61. The summed E-state index contributed by atoms with van der Waals surface area (Å²) in [5, 5.41) is 9.61. The van der Waals surface area contributed by atoms with E-state index >= 15 is 0 Å². The van der Waals surface area contributed by atoms with Crippen molar-refractivity contribution in [1.29, 1.82) is 0 Å². The molecule has 2 aliphatic heterocycles. The van der Waals surface area contributed by atoms with Crippen LogP contribution in [0.25, 0.3) is 0 Å². The maximum absolute atomic E-state index is 9.61. The summed E-state index contributed by atoms with van der Waals surface area (Å²) >= 11 is 0. The van der Waals surface area contributed by atoms with Crippen LogP contribution in [0, 0.1) is 0 Å². The lowest BCUT2D eigenvalue weighted by Crippen LogP contribution is -2.52. The lowest BCUT2D eigenvalue weighted by atomic mass is 9.63. The van der Waals surface area contributed by atoms with E-state index in [0.717, 1.165) is 32.3 Å². The molecular formula is C15H18O2. The normalized spacial score (nSPS) is 35.8. The molecule has 0 radical (unpaired) electrons. The summed E-state index contributed by atoms with van der Waals surface area (Å²) in [4.78, 5) is 0. The number of hydrogen-bond donors (Lipinski definition) is 1. The minimum atomic E-state index is -0.0709. The summed E-state index contributed by atoms with van der Waals surface area (Å²) in [7, 11) is 0. The van der Waals surface area contributed by atoms with Gasteiger partial charge in [0.1, 0.15) is 5.75 Å². The molecule has 1 saturated carbocycles. The van der Waals surface area contributed by atoms with Crippen LogP contribution in [0.3, 0.4) is 0 Å². The van der Waals surface area contributed by atoms with Crippen molar-refractivity contribution < 1.29 is 9.84 Å². The molecule has 0 amide bonds. The smallest absolute Gasteiger partial charge is 0.115 e. The van der Waals surface area contributed by atoms with Gasteiger partial charge in [0.25, 0.3) is 0 Å². The van der Waals surface area contributed by atoms with Crippen LogP contribution in [0.2, 0.25) is 0 Å². The lowest BCUT2D eigenvalue weighted by molar-refractivity contribution is -0.128. The summed E-state index contributed by atoms with van der Waals surface area (Å²) in [6.07, 6.45) is 6.32. The van der Waals surface area contributed by atoms with Crippen LogP contribution in [0.1, 0.15) is 31.2 Å². The predicted octanol–water partition coefficient (Wildman–Crippen LogP) is 3.16. The molecule has 90 valence electrons. The minimum Gasteiger partial charge on any atom is -0.508 e. The van der Waals surface area contributed by atoms with Crippen LogP contribution < -0.4 is 0 Å². The third kappa shape index (κ3) is 1.59. The first-order valence-electron chi connectivity index (χ1n) is 6.25. The highest BCUT2D eigenvalue weighted by Gasteiger charge is 2.49. The van der Waals surface area contributed by atoms with Crippen molar-refractivity contribution in [2.45, 2.75) is 36.7 Å². The number of rotatable bonds is 2. The van der Waals surface area contributed by atoms with Crippen LogP contribution in [-0.2, 0) is 10.2 Å². The summed E-state index contributed by atoms with van der Waals surface area (Å²) in [6.45, 7) is 4.65. The summed E-state index contributed by atoms with van der Waals surface area (Å²) in [5.74, 6) is 0.350. The Hall–Kier alpha value is -1.28. The SMILES string of the molecule is C=CC12CCC(c3cccc(O)c3)(CC1)CO2. The molecule has 0 spiro atoms. The standard InChI is InChI=1S/C15H18O2/c1-2-15-8-6-14(7-9-15,11-17-15)12-4-3-5-13(16)10-12/h2-5,10,16H,1,6-9,11H2. The molecular weight excluding hydrogens is 212 g/mol. The quantitative estimate of drug-likeness (QED) is 0.791. The van der Waals surface area contributed by atoms with E-state index in [1.165, 1.54) is 5.56 Å². The van der Waals surface area contributed by atoms with E-state index in [0.29, 0.717) is 5.75 Å². The summed E-state index contributed by atoms with van der Waals surface area (Å²) in [5.41, 5.74) is 1.26. The number of hydrogen-bond acceptors (Lipinski definition) is 2. The van der Waals surface area contributed by atoms with E-state index in [1.807, 2.05) is 18.2 Å². The monoisotopic (exact) mass is 230 g/mol. The van der Waals surface area contributed by atoms with Gasteiger partial charge < -0.3 is 9.84 Å². The van der Waals surface area contributed by atoms with Gasteiger partial charge in [-0.1, -0.05) is 18.2 Å². The maximum Gasteiger partial charge on any atom is 0.115 e. The first-order valence-corrected chi connectivity index (χ1v) is 6.25. The zero-order chi connectivity index (χ0) is 11.9. The van der Waals surface area contributed by atoms with Gasteiger partial charge in [-0.3, -0.25) is 0 Å². The highest BCUT2D eigenvalue weighted by molar-refractivity contribution is 5.35. The zero-order valence-electron chi connectivity index (χ0n) is 9.98. The molecule has 1 aliphatic carbocycles. The van der Waals surface area contributed by atoms with Crippen molar-refractivity contribution in [2.24, 2.45) is 0 Å². The van der Waals surface area contributed by atoms with Crippen molar-refractivity contribution in [3.63, 3.8) is 0 Å². The average molecular weight is 230 g/mol. The van der Waals surface area contributed by atoms with Gasteiger partial charge >= 0.3 is 0 Å². The topological polar surface area (TPSA) is 29.5 Å². The largest absolute Gasteiger partial charge is 0.508 e. The zero-order valence-corrected chi connectivity index (χ0v) is 9.98. The van der Waals surface area contributed by atoms with Gasteiger partial charge in [0.2, 0.25) is 0 Å². The van der Waals surface area contributed by atoms with Crippen LogP contribution in [0.4, 0.5) is 0 Å². The molecule has 3 aliphatic rings. The molecule has 2 saturated heterocycles. The second-order valence-corrected chi connectivity index (χ2v) is 5.39. The molecule has 2 nitrogen and oxygen atoms in total. The van der Waals surface area contributed by atoms with Crippen molar-refractivity contribution in [1.82, 2.24) is 0 Å². The third-order valence-electron chi connectivity index (χ3n) is 4.52. The highest BCUT2D eigenvalue weighted by atomic mass is 16.5. The number of ether oxygens (including phenoxy) is 1. The van der Waals surface area contributed by atoms with Crippen molar-refractivity contribution in [3.8, 4) is 5.75 Å². The molecule has 2 bridgehead atoms. The van der Waals surface area contributed by atoms with Gasteiger partial charge in [-0.25, -0.2) is 0 Å². The van der Waals surface area contributed by atoms with E-state index in [4.69, 9.17) is 4.74 Å². The van der Waals surface area contributed by atoms with Crippen molar-refractivity contribution >= 4 is 0 Å². The fourth-order valence-electron chi connectivity index (χ4n) is 3.19. The molecule has 4 rings (SSSR count). The van der Waals surface area contributed by atoms with E-state index in [9.17, 15) is 5.11 Å². The molecule has 0 aromatic heterocycles.